The van der Waals surface area contributed by atoms with Crippen LogP contribution in [0.1, 0.15) is 11.1 Å². The zero-order valence-corrected chi connectivity index (χ0v) is 11.2. The third-order valence-corrected chi connectivity index (χ3v) is 2.92. The van der Waals surface area contributed by atoms with Gasteiger partial charge in [-0.05, 0) is 11.6 Å². The standard InChI is InChI=1S/C15H16N2O3/c1-20-11-13-6-2-3-8-15(13)16-10-12-5-4-7-14(9-12)17(18)19/h2-9,16H,10-11H2,1H3. The van der Waals surface area contributed by atoms with Crippen LogP contribution in [0.2, 0.25) is 0 Å². The molecular formula is C15H16N2O3. The van der Waals surface area contributed by atoms with Crippen LogP contribution in [0.5, 0.6) is 0 Å². The molecule has 5 heteroatoms. The predicted octanol–water partition coefficient (Wildman–Crippen LogP) is 3.35. The lowest BCUT2D eigenvalue weighted by Crippen LogP contribution is -2.03. The lowest BCUT2D eigenvalue weighted by atomic mass is 10.1. The summed E-state index contributed by atoms with van der Waals surface area (Å²) < 4.78 is 5.14. The summed E-state index contributed by atoms with van der Waals surface area (Å²) in [5.41, 5.74) is 3.00. The van der Waals surface area contributed by atoms with Gasteiger partial charge in [0, 0.05) is 37.0 Å². The molecule has 1 N–H and O–H groups in total. The second-order valence-electron chi connectivity index (χ2n) is 4.37. The SMILES string of the molecule is COCc1ccccc1NCc1cccc([N+](=O)[O-])c1. The highest BCUT2D eigenvalue weighted by Crippen LogP contribution is 2.18. The Labute approximate surface area is 117 Å². The third-order valence-electron chi connectivity index (χ3n) is 2.92. The highest BCUT2D eigenvalue weighted by molar-refractivity contribution is 5.51. The summed E-state index contributed by atoms with van der Waals surface area (Å²) >= 11 is 0. The maximum atomic E-state index is 10.7. The number of hydrogen-bond acceptors (Lipinski definition) is 4. The molecule has 0 radical (unpaired) electrons. The summed E-state index contributed by atoms with van der Waals surface area (Å²) in [4.78, 5) is 10.3. The van der Waals surface area contributed by atoms with Gasteiger partial charge in [0.1, 0.15) is 0 Å². The molecule has 20 heavy (non-hydrogen) atoms. The molecule has 0 heterocycles. The van der Waals surface area contributed by atoms with Crippen molar-refractivity contribution in [1.29, 1.82) is 0 Å². The summed E-state index contributed by atoms with van der Waals surface area (Å²) in [6.07, 6.45) is 0. The van der Waals surface area contributed by atoms with Gasteiger partial charge in [-0.2, -0.15) is 0 Å². The number of nitro benzene ring substituents is 1. The second kappa shape index (κ2) is 6.68. The zero-order chi connectivity index (χ0) is 14.4. The molecule has 2 rings (SSSR count). The number of nitrogens with one attached hydrogen (secondary N) is 1. The van der Waals surface area contributed by atoms with E-state index in [1.165, 1.54) is 6.07 Å². The molecule has 0 aromatic heterocycles. The van der Waals surface area contributed by atoms with Crippen molar-refractivity contribution in [2.75, 3.05) is 12.4 Å². The average molecular weight is 272 g/mol. The fraction of sp³-hybridized carbons (Fsp3) is 0.200. The van der Waals surface area contributed by atoms with Crippen molar-refractivity contribution in [2.24, 2.45) is 0 Å². The Morgan fingerprint density at radius 1 is 1.20 bits per heavy atom. The number of rotatable bonds is 6. The van der Waals surface area contributed by atoms with Crippen LogP contribution in [-0.2, 0) is 17.9 Å². The van der Waals surface area contributed by atoms with Crippen molar-refractivity contribution in [3.05, 3.63) is 69.8 Å². The van der Waals surface area contributed by atoms with Gasteiger partial charge in [-0.15, -0.1) is 0 Å². The Kier molecular flexibility index (Phi) is 4.68. The van der Waals surface area contributed by atoms with Gasteiger partial charge in [0.05, 0.1) is 11.5 Å². The Morgan fingerprint density at radius 3 is 2.75 bits per heavy atom. The molecule has 2 aromatic rings. The summed E-state index contributed by atoms with van der Waals surface area (Å²) in [6, 6.07) is 14.5. The fourth-order valence-corrected chi connectivity index (χ4v) is 1.95. The van der Waals surface area contributed by atoms with Gasteiger partial charge in [0.15, 0.2) is 0 Å². The molecule has 0 bridgehead atoms. The van der Waals surface area contributed by atoms with E-state index in [1.807, 2.05) is 30.3 Å². The van der Waals surface area contributed by atoms with Crippen molar-refractivity contribution in [3.8, 4) is 0 Å². The molecule has 0 atom stereocenters. The van der Waals surface area contributed by atoms with Gasteiger partial charge in [-0.1, -0.05) is 30.3 Å². The third kappa shape index (κ3) is 3.55. The fourth-order valence-electron chi connectivity index (χ4n) is 1.95. The number of non-ortho nitro benzene ring substituents is 1. The number of nitrogens with zero attached hydrogens (tertiary/aromatic N) is 1. The van der Waals surface area contributed by atoms with Crippen LogP contribution in [0.4, 0.5) is 11.4 Å². The number of benzene rings is 2. The number of nitro groups is 1. The first-order valence-corrected chi connectivity index (χ1v) is 6.25. The summed E-state index contributed by atoms with van der Waals surface area (Å²) in [6.45, 7) is 1.06. The molecule has 0 saturated heterocycles. The quantitative estimate of drug-likeness (QED) is 0.647. The number of anilines is 1. The first-order chi connectivity index (χ1) is 9.70. The van der Waals surface area contributed by atoms with E-state index in [4.69, 9.17) is 4.74 Å². The molecular weight excluding hydrogens is 256 g/mol. The Balaban J connectivity index is 2.09. The average Bonchev–Trinajstić information content (AvgIpc) is 2.47. The summed E-state index contributed by atoms with van der Waals surface area (Å²) in [5.74, 6) is 0. The maximum absolute atomic E-state index is 10.7. The molecule has 0 unspecified atom stereocenters. The van der Waals surface area contributed by atoms with Crippen molar-refractivity contribution >= 4 is 11.4 Å². The van der Waals surface area contributed by atoms with Crippen LogP contribution in [-0.4, -0.2) is 12.0 Å². The van der Waals surface area contributed by atoms with Crippen LogP contribution in [0.3, 0.4) is 0 Å². The van der Waals surface area contributed by atoms with Gasteiger partial charge in [0.2, 0.25) is 0 Å². The number of methoxy groups -OCH3 is 1. The molecule has 2 aromatic carbocycles. The Hall–Kier alpha value is -2.40. The van der Waals surface area contributed by atoms with Crippen LogP contribution in [0.15, 0.2) is 48.5 Å². The first kappa shape index (κ1) is 14.0. The van der Waals surface area contributed by atoms with Crippen LogP contribution < -0.4 is 5.32 Å². The van der Waals surface area contributed by atoms with E-state index >= 15 is 0 Å². The van der Waals surface area contributed by atoms with E-state index in [0.717, 1.165) is 16.8 Å². The van der Waals surface area contributed by atoms with Crippen molar-refractivity contribution in [1.82, 2.24) is 0 Å². The molecule has 104 valence electrons. The van der Waals surface area contributed by atoms with Crippen molar-refractivity contribution < 1.29 is 9.66 Å². The van der Waals surface area contributed by atoms with Gasteiger partial charge < -0.3 is 10.1 Å². The van der Waals surface area contributed by atoms with Crippen molar-refractivity contribution in [2.45, 2.75) is 13.2 Å². The molecule has 0 fully saturated rings. The van der Waals surface area contributed by atoms with E-state index < -0.39 is 0 Å². The predicted molar refractivity (Wildman–Crippen MR) is 77.6 cm³/mol. The molecule has 5 nitrogen and oxygen atoms in total. The van der Waals surface area contributed by atoms with Gasteiger partial charge in [0.25, 0.3) is 5.69 Å². The monoisotopic (exact) mass is 272 g/mol. The lowest BCUT2D eigenvalue weighted by molar-refractivity contribution is -0.384. The molecule has 0 aliphatic heterocycles. The molecule has 0 amide bonds. The summed E-state index contributed by atoms with van der Waals surface area (Å²) in [5, 5.41) is 14.0. The van der Waals surface area contributed by atoms with Crippen LogP contribution in [0.25, 0.3) is 0 Å². The number of para-hydroxylation sites is 1. The van der Waals surface area contributed by atoms with Gasteiger partial charge >= 0.3 is 0 Å². The van der Waals surface area contributed by atoms with Crippen LogP contribution in [0, 0.1) is 10.1 Å². The minimum atomic E-state index is -0.387. The molecule has 0 saturated carbocycles. The zero-order valence-electron chi connectivity index (χ0n) is 11.2. The largest absolute Gasteiger partial charge is 0.381 e. The Morgan fingerprint density at radius 2 is 2.00 bits per heavy atom. The molecule has 0 aliphatic rings. The highest BCUT2D eigenvalue weighted by atomic mass is 16.6. The van der Waals surface area contributed by atoms with Crippen LogP contribution >= 0.6 is 0 Å². The second-order valence-corrected chi connectivity index (χ2v) is 4.37. The van der Waals surface area contributed by atoms with Gasteiger partial charge in [-0.25, -0.2) is 0 Å². The van der Waals surface area contributed by atoms with E-state index in [-0.39, 0.29) is 10.6 Å². The number of ether oxygens (including phenoxy) is 1. The lowest BCUT2D eigenvalue weighted by Gasteiger charge is -2.11. The smallest absolute Gasteiger partial charge is 0.269 e. The first-order valence-electron chi connectivity index (χ1n) is 6.25. The normalized spacial score (nSPS) is 10.2. The van der Waals surface area contributed by atoms with E-state index in [9.17, 15) is 10.1 Å². The van der Waals surface area contributed by atoms with Gasteiger partial charge in [-0.3, -0.25) is 10.1 Å². The van der Waals surface area contributed by atoms with E-state index in [0.29, 0.717) is 13.2 Å². The topological polar surface area (TPSA) is 64.4 Å². The molecule has 0 spiro atoms. The highest BCUT2D eigenvalue weighted by Gasteiger charge is 2.06. The number of hydrogen-bond donors (Lipinski definition) is 1. The minimum absolute atomic E-state index is 0.106. The van der Waals surface area contributed by atoms with E-state index in [1.54, 1.807) is 19.2 Å². The van der Waals surface area contributed by atoms with E-state index in [2.05, 4.69) is 5.32 Å². The maximum Gasteiger partial charge on any atom is 0.269 e. The minimum Gasteiger partial charge on any atom is -0.381 e. The molecule has 0 aliphatic carbocycles. The Bertz CT molecular complexity index is 599. The summed E-state index contributed by atoms with van der Waals surface area (Å²) in [7, 11) is 1.65. The van der Waals surface area contributed by atoms with Crippen molar-refractivity contribution in [3.63, 3.8) is 0 Å².